The smallest absolute Gasteiger partial charge is 0.227 e. The Morgan fingerprint density at radius 1 is 1.37 bits per heavy atom. The number of hydrogen-bond donors (Lipinski definition) is 1. The van der Waals surface area contributed by atoms with E-state index in [0.29, 0.717) is 31.1 Å². The van der Waals surface area contributed by atoms with Gasteiger partial charge in [0.15, 0.2) is 0 Å². The zero-order chi connectivity index (χ0) is 19.2. The van der Waals surface area contributed by atoms with E-state index in [2.05, 4.69) is 38.5 Å². The molecular weight excluding hydrogens is 344 g/mol. The van der Waals surface area contributed by atoms with Gasteiger partial charge in [0.2, 0.25) is 17.6 Å². The van der Waals surface area contributed by atoms with Crippen LogP contribution in [0.4, 0.5) is 0 Å². The monoisotopic (exact) mass is 368 g/mol. The molecule has 0 fully saturated rings. The van der Waals surface area contributed by atoms with Crippen LogP contribution in [-0.4, -0.2) is 37.4 Å². The molecule has 0 saturated heterocycles. The number of nitrogens with one attached hydrogen (secondary N) is 1. The topological polar surface area (TPSA) is 98.7 Å². The predicted octanol–water partition coefficient (Wildman–Crippen LogP) is 2.33. The van der Waals surface area contributed by atoms with Crippen molar-refractivity contribution in [2.45, 2.75) is 40.2 Å². The van der Waals surface area contributed by atoms with Gasteiger partial charge in [0, 0.05) is 49.6 Å². The number of carbonyl (C=O) groups is 1. The van der Waals surface area contributed by atoms with Crippen molar-refractivity contribution in [2.75, 3.05) is 6.54 Å². The summed E-state index contributed by atoms with van der Waals surface area (Å²) in [5, 5.41) is 11.3. The summed E-state index contributed by atoms with van der Waals surface area (Å²) < 4.78 is 7.19. The van der Waals surface area contributed by atoms with Gasteiger partial charge in [-0.15, -0.1) is 0 Å². The maximum absolute atomic E-state index is 12.1. The van der Waals surface area contributed by atoms with Crippen molar-refractivity contribution in [2.24, 2.45) is 5.92 Å². The van der Waals surface area contributed by atoms with E-state index in [0.717, 1.165) is 23.5 Å². The van der Waals surface area contributed by atoms with Gasteiger partial charge in [-0.05, 0) is 38.0 Å². The maximum atomic E-state index is 12.1. The molecule has 1 amide bonds. The minimum absolute atomic E-state index is 0.0312. The molecule has 0 aromatic carbocycles. The summed E-state index contributed by atoms with van der Waals surface area (Å²) in [6, 6.07) is 5.72. The fraction of sp³-hybridized carbons (Fsp3) is 0.421. The Morgan fingerprint density at radius 2 is 2.22 bits per heavy atom. The molecule has 0 spiro atoms. The van der Waals surface area contributed by atoms with Gasteiger partial charge in [-0.25, -0.2) is 0 Å². The second-order valence-electron chi connectivity index (χ2n) is 6.77. The number of carbonyl (C=O) groups excluding carboxylic acids is 1. The van der Waals surface area contributed by atoms with Crippen molar-refractivity contribution in [3.8, 4) is 11.4 Å². The molecule has 0 bridgehead atoms. The molecule has 142 valence electrons. The SMILES string of the molecule is Cc1cc(C)n(C[C@@H](C)CNC(=O)CCc2nc(-c3cccnc3)no2)n1. The Kier molecular flexibility index (Phi) is 5.95. The largest absolute Gasteiger partial charge is 0.356 e. The summed E-state index contributed by atoms with van der Waals surface area (Å²) in [6.07, 6.45) is 4.07. The Hall–Kier alpha value is -3.03. The van der Waals surface area contributed by atoms with Crippen LogP contribution < -0.4 is 5.32 Å². The van der Waals surface area contributed by atoms with Crippen molar-refractivity contribution < 1.29 is 9.32 Å². The standard InChI is InChI=1S/C19H24N6O2/c1-13(12-25-15(3)9-14(2)23-25)10-21-17(26)6-7-18-22-19(24-27-18)16-5-4-8-20-11-16/h4-5,8-9,11,13H,6-7,10,12H2,1-3H3,(H,21,26)/t13-/m0/s1. The first-order valence-corrected chi connectivity index (χ1v) is 9.02. The highest BCUT2D eigenvalue weighted by atomic mass is 16.5. The van der Waals surface area contributed by atoms with Crippen molar-refractivity contribution in [1.29, 1.82) is 0 Å². The zero-order valence-electron chi connectivity index (χ0n) is 15.8. The number of rotatable bonds is 8. The molecule has 3 aromatic rings. The van der Waals surface area contributed by atoms with Gasteiger partial charge in [0.1, 0.15) is 0 Å². The summed E-state index contributed by atoms with van der Waals surface area (Å²) in [7, 11) is 0. The second-order valence-corrected chi connectivity index (χ2v) is 6.77. The Balaban J connectivity index is 1.42. The average molecular weight is 368 g/mol. The fourth-order valence-corrected chi connectivity index (χ4v) is 2.79. The lowest BCUT2D eigenvalue weighted by Gasteiger charge is -2.13. The molecule has 0 unspecified atom stereocenters. The molecule has 0 saturated carbocycles. The third-order valence-corrected chi connectivity index (χ3v) is 4.19. The van der Waals surface area contributed by atoms with E-state index < -0.39 is 0 Å². The molecule has 0 radical (unpaired) electrons. The van der Waals surface area contributed by atoms with E-state index in [4.69, 9.17) is 4.52 Å². The zero-order valence-corrected chi connectivity index (χ0v) is 15.8. The highest BCUT2D eigenvalue weighted by Gasteiger charge is 2.12. The van der Waals surface area contributed by atoms with Gasteiger partial charge in [0.05, 0.1) is 5.69 Å². The summed E-state index contributed by atoms with van der Waals surface area (Å²) in [5.41, 5.74) is 2.93. The van der Waals surface area contributed by atoms with Crippen molar-refractivity contribution >= 4 is 5.91 Å². The van der Waals surface area contributed by atoms with E-state index in [-0.39, 0.29) is 11.8 Å². The van der Waals surface area contributed by atoms with E-state index >= 15 is 0 Å². The molecule has 8 nitrogen and oxygen atoms in total. The number of aryl methyl sites for hydroxylation is 3. The number of amides is 1. The van der Waals surface area contributed by atoms with Crippen LogP contribution in [0.2, 0.25) is 0 Å². The number of hydrogen-bond acceptors (Lipinski definition) is 6. The van der Waals surface area contributed by atoms with Crippen LogP contribution in [-0.2, 0) is 17.8 Å². The molecule has 3 rings (SSSR count). The normalized spacial score (nSPS) is 12.1. The molecular formula is C19H24N6O2. The van der Waals surface area contributed by atoms with E-state index in [1.807, 2.05) is 30.7 Å². The van der Waals surface area contributed by atoms with Crippen molar-refractivity contribution in [3.63, 3.8) is 0 Å². The molecule has 1 atom stereocenters. The molecule has 3 heterocycles. The van der Waals surface area contributed by atoms with E-state index in [1.54, 1.807) is 12.4 Å². The first-order valence-electron chi connectivity index (χ1n) is 9.02. The summed E-state index contributed by atoms with van der Waals surface area (Å²) in [4.78, 5) is 20.4. The lowest BCUT2D eigenvalue weighted by Crippen LogP contribution is -2.30. The minimum atomic E-state index is -0.0312. The molecule has 0 aliphatic heterocycles. The first-order chi connectivity index (χ1) is 13.0. The van der Waals surface area contributed by atoms with Crippen molar-refractivity contribution in [1.82, 2.24) is 30.2 Å². The lowest BCUT2D eigenvalue weighted by atomic mass is 10.1. The van der Waals surface area contributed by atoms with E-state index in [1.165, 1.54) is 0 Å². The highest BCUT2D eigenvalue weighted by molar-refractivity contribution is 5.76. The predicted molar refractivity (Wildman–Crippen MR) is 99.7 cm³/mol. The second kappa shape index (κ2) is 8.57. The minimum Gasteiger partial charge on any atom is -0.356 e. The Morgan fingerprint density at radius 3 is 2.93 bits per heavy atom. The number of aromatic nitrogens is 5. The quantitative estimate of drug-likeness (QED) is 0.655. The van der Waals surface area contributed by atoms with Crippen LogP contribution >= 0.6 is 0 Å². The van der Waals surface area contributed by atoms with Crippen LogP contribution in [0.5, 0.6) is 0 Å². The molecule has 0 aliphatic carbocycles. The van der Waals surface area contributed by atoms with Crippen molar-refractivity contribution in [3.05, 3.63) is 47.9 Å². The molecule has 1 N–H and O–H groups in total. The number of pyridine rings is 1. The van der Waals surface area contributed by atoms with Crippen LogP contribution in [0.15, 0.2) is 35.1 Å². The van der Waals surface area contributed by atoms with E-state index in [9.17, 15) is 4.79 Å². The molecule has 8 heteroatoms. The summed E-state index contributed by atoms with van der Waals surface area (Å²) >= 11 is 0. The lowest BCUT2D eigenvalue weighted by molar-refractivity contribution is -0.121. The number of nitrogens with zero attached hydrogens (tertiary/aromatic N) is 5. The van der Waals surface area contributed by atoms with Crippen LogP contribution in [0.1, 0.15) is 30.6 Å². The third kappa shape index (κ3) is 5.22. The third-order valence-electron chi connectivity index (χ3n) is 4.19. The Bertz CT molecular complexity index is 887. The highest BCUT2D eigenvalue weighted by Crippen LogP contribution is 2.14. The molecule has 3 aromatic heterocycles. The van der Waals surface area contributed by atoms with Gasteiger partial charge in [-0.1, -0.05) is 12.1 Å². The van der Waals surface area contributed by atoms with Crippen LogP contribution in [0.3, 0.4) is 0 Å². The Labute approximate surface area is 158 Å². The van der Waals surface area contributed by atoms with Gasteiger partial charge in [0.25, 0.3) is 0 Å². The average Bonchev–Trinajstić information content (AvgIpc) is 3.25. The first kappa shape index (κ1) is 18.8. The van der Waals surface area contributed by atoms with Gasteiger partial charge in [-0.3, -0.25) is 14.5 Å². The van der Waals surface area contributed by atoms with Crippen LogP contribution in [0, 0.1) is 19.8 Å². The molecule has 0 aliphatic rings. The fourth-order valence-electron chi connectivity index (χ4n) is 2.79. The summed E-state index contributed by atoms with van der Waals surface area (Å²) in [6.45, 7) is 7.48. The van der Waals surface area contributed by atoms with Gasteiger partial charge >= 0.3 is 0 Å². The van der Waals surface area contributed by atoms with Gasteiger partial charge < -0.3 is 9.84 Å². The van der Waals surface area contributed by atoms with Crippen LogP contribution in [0.25, 0.3) is 11.4 Å². The molecule has 27 heavy (non-hydrogen) atoms. The summed E-state index contributed by atoms with van der Waals surface area (Å²) in [5.74, 6) is 1.18. The van der Waals surface area contributed by atoms with Gasteiger partial charge in [-0.2, -0.15) is 10.1 Å². The maximum Gasteiger partial charge on any atom is 0.227 e.